The molecule has 0 fully saturated rings. The van der Waals surface area contributed by atoms with Crippen molar-refractivity contribution in [2.75, 3.05) is 7.11 Å². The molecule has 2 rings (SSSR count). The quantitative estimate of drug-likeness (QED) is 0.761. The summed E-state index contributed by atoms with van der Waals surface area (Å²) in [4.78, 5) is 12.4. The number of ether oxygens (including phenoxy) is 1. The van der Waals surface area contributed by atoms with Crippen LogP contribution >= 0.6 is 0 Å². The summed E-state index contributed by atoms with van der Waals surface area (Å²) >= 11 is 0. The molecule has 0 unspecified atom stereocenters. The minimum absolute atomic E-state index is 0. The topological polar surface area (TPSA) is 47.9 Å². The van der Waals surface area contributed by atoms with E-state index in [2.05, 4.69) is 15.0 Å². The first-order chi connectivity index (χ1) is 6.90. The average Bonchev–Trinajstić information content (AvgIpc) is 2.30. The third-order valence-corrected chi connectivity index (χ3v) is 1.76. The maximum absolute atomic E-state index is 4.96. The zero-order valence-corrected chi connectivity index (χ0v) is 11.4. The van der Waals surface area contributed by atoms with E-state index in [4.69, 9.17) is 4.74 Å². The van der Waals surface area contributed by atoms with Crippen molar-refractivity contribution >= 4 is 0 Å². The van der Waals surface area contributed by atoms with Gasteiger partial charge < -0.3 is 4.74 Å². The van der Waals surface area contributed by atoms with Crippen LogP contribution in [-0.2, 0) is 19.5 Å². The van der Waals surface area contributed by atoms with E-state index in [0.29, 0.717) is 11.6 Å². The van der Waals surface area contributed by atoms with Crippen LogP contribution in [0.4, 0.5) is 0 Å². The van der Waals surface area contributed by atoms with Crippen LogP contribution in [0.5, 0.6) is 5.75 Å². The number of hydrogen-bond donors (Lipinski definition) is 0. The Balaban J connectivity index is 0.00000112. The van der Waals surface area contributed by atoms with E-state index in [9.17, 15) is 0 Å². The molecular formula is C10H9N3OZn. The maximum atomic E-state index is 4.96. The van der Waals surface area contributed by atoms with Gasteiger partial charge in [0.2, 0.25) is 0 Å². The van der Waals surface area contributed by atoms with E-state index in [-0.39, 0.29) is 19.5 Å². The van der Waals surface area contributed by atoms with Gasteiger partial charge in [-0.05, 0) is 12.1 Å². The van der Waals surface area contributed by atoms with E-state index in [1.54, 1.807) is 25.7 Å². The Kier molecular flexibility index (Phi) is 4.31. The van der Waals surface area contributed by atoms with Gasteiger partial charge >= 0.3 is 0 Å². The third kappa shape index (κ3) is 2.80. The van der Waals surface area contributed by atoms with Gasteiger partial charge in [-0.15, -0.1) is 0 Å². The van der Waals surface area contributed by atoms with Crippen LogP contribution in [0.2, 0.25) is 0 Å². The molecule has 72 valence electrons. The Morgan fingerprint density at radius 1 is 1.07 bits per heavy atom. The molecule has 4 nitrogen and oxygen atoms in total. The van der Waals surface area contributed by atoms with Crippen LogP contribution in [0.25, 0.3) is 11.5 Å². The molecule has 0 aliphatic heterocycles. The van der Waals surface area contributed by atoms with Crippen molar-refractivity contribution < 1.29 is 24.2 Å². The Morgan fingerprint density at radius 2 is 1.80 bits per heavy atom. The van der Waals surface area contributed by atoms with Gasteiger partial charge in [0, 0.05) is 25.7 Å². The van der Waals surface area contributed by atoms with Crippen molar-refractivity contribution in [2.45, 2.75) is 0 Å². The number of nitrogens with zero attached hydrogens (tertiary/aromatic N) is 3. The van der Waals surface area contributed by atoms with E-state index in [1.807, 2.05) is 18.2 Å². The molecule has 0 spiro atoms. The molecule has 15 heavy (non-hydrogen) atoms. The second-order valence-electron chi connectivity index (χ2n) is 2.66. The predicted octanol–water partition coefficient (Wildman–Crippen LogP) is 1.54. The fourth-order valence-corrected chi connectivity index (χ4v) is 1.05. The molecule has 0 atom stereocenters. The first-order valence-corrected chi connectivity index (χ1v) is 4.17. The second kappa shape index (κ2) is 5.51. The molecule has 2 aromatic heterocycles. The Labute approximate surface area is 101 Å². The molecule has 0 N–H and O–H groups in total. The summed E-state index contributed by atoms with van der Waals surface area (Å²) in [5, 5.41) is 0. The van der Waals surface area contributed by atoms with Gasteiger partial charge in [0.15, 0.2) is 11.6 Å². The molecule has 0 bridgehead atoms. The minimum Gasteiger partial charge on any atom is -0.494 e. The largest absolute Gasteiger partial charge is 0.494 e. The van der Waals surface area contributed by atoms with Gasteiger partial charge in [-0.25, -0.2) is 9.97 Å². The summed E-state index contributed by atoms with van der Waals surface area (Å²) in [6.45, 7) is 0. The van der Waals surface area contributed by atoms with Crippen LogP contribution in [0.1, 0.15) is 0 Å². The molecule has 2 heterocycles. The van der Waals surface area contributed by atoms with Gasteiger partial charge in [0.1, 0.15) is 5.69 Å². The van der Waals surface area contributed by atoms with Crippen molar-refractivity contribution in [1.29, 1.82) is 0 Å². The molecule has 0 aromatic carbocycles. The zero-order chi connectivity index (χ0) is 9.80. The van der Waals surface area contributed by atoms with Crippen molar-refractivity contribution in [2.24, 2.45) is 0 Å². The first-order valence-electron chi connectivity index (χ1n) is 4.17. The summed E-state index contributed by atoms with van der Waals surface area (Å²) < 4.78 is 4.96. The smallest absolute Gasteiger partial charge is 0.178 e. The van der Waals surface area contributed by atoms with Crippen LogP contribution in [0, 0.1) is 0 Å². The molecule has 0 amide bonds. The van der Waals surface area contributed by atoms with Gasteiger partial charge in [-0.1, -0.05) is 6.07 Å². The Hall–Kier alpha value is -1.35. The number of pyridine rings is 1. The second-order valence-corrected chi connectivity index (χ2v) is 2.66. The number of hydrogen-bond acceptors (Lipinski definition) is 4. The molecular weight excluding hydrogens is 244 g/mol. The normalized spacial score (nSPS) is 9.13. The van der Waals surface area contributed by atoms with E-state index < -0.39 is 0 Å². The van der Waals surface area contributed by atoms with Gasteiger partial charge in [-0.3, -0.25) is 4.98 Å². The molecule has 0 radical (unpaired) electrons. The van der Waals surface area contributed by atoms with Crippen molar-refractivity contribution in [1.82, 2.24) is 15.0 Å². The molecule has 0 saturated heterocycles. The molecule has 5 heteroatoms. The van der Waals surface area contributed by atoms with E-state index in [1.165, 1.54) is 0 Å². The number of methoxy groups -OCH3 is 1. The van der Waals surface area contributed by atoms with Crippen molar-refractivity contribution in [3.8, 4) is 17.3 Å². The summed E-state index contributed by atoms with van der Waals surface area (Å²) in [7, 11) is 1.58. The maximum Gasteiger partial charge on any atom is 0.178 e. The monoisotopic (exact) mass is 251 g/mol. The van der Waals surface area contributed by atoms with Gasteiger partial charge in [-0.2, -0.15) is 0 Å². The molecule has 0 aliphatic rings. The summed E-state index contributed by atoms with van der Waals surface area (Å²) in [5.74, 6) is 1.25. The van der Waals surface area contributed by atoms with Crippen LogP contribution in [0.3, 0.4) is 0 Å². The summed E-state index contributed by atoms with van der Waals surface area (Å²) in [5.41, 5.74) is 0.759. The zero-order valence-electron chi connectivity index (χ0n) is 8.42. The predicted molar refractivity (Wildman–Crippen MR) is 51.8 cm³/mol. The fourth-order valence-electron chi connectivity index (χ4n) is 1.05. The van der Waals surface area contributed by atoms with Crippen molar-refractivity contribution in [3.05, 3.63) is 36.8 Å². The minimum atomic E-state index is 0. The van der Waals surface area contributed by atoms with Crippen LogP contribution in [-0.4, -0.2) is 22.1 Å². The summed E-state index contributed by atoms with van der Waals surface area (Å²) in [6, 6.07) is 5.62. The van der Waals surface area contributed by atoms with Crippen LogP contribution < -0.4 is 4.74 Å². The standard InChI is InChI=1S/C10H9N3O.Zn/c1-14-8-6-12-10(13-7-8)9-4-2-3-5-11-9;/h2-7H,1H3;. The van der Waals surface area contributed by atoms with E-state index >= 15 is 0 Å². The Bertz CT molecular complexity index is 405. The fraction of sp³-hybridized carbons (Fsp3) is 0.100. The number of aromatic nitrogens is 3. The molecule has 0 aliphatic carbocycles. The Morgan fingerprint density at radius 3 is 2.33 bits per heavy atom. The molecule has 0 saturated carbocycles. The summed E-state index contributed by atoms with van der Waals surface area (Å²) in [6.07, 6.45) is 4.96. The molecule has 2 aromatic rings. The SMILES string of the molecule is COc1cnc(-c2ccccn2)nc1.[Zn]. The van der Waals surface area contributed by atoms with Gasteiger partial charge in [0.25, 0.3) is 0 Å². The van der Waals surface area contributed by atoms with E-state index in [0.717, 1.165) is 5.69 Å². The third-order valence-electron chi connectivity index (χ3n) is 1.76. The van der Waals surface area contributed by atoms with Crippen LogP contribution in [0.15, 0.2) is 36.8 Å². The first kappa shape index (κ1) is 11.7. The van der Waals surface area contributed by atoms with Gasteiger partial charge in [0.05, 0.1) is 19.5 Å². The average molecular weight is 253 g/mol. The van der Waals surface area contributed by atoms with Crippen molar-refractivity contribution in [3.63, 3.8) is 0 Å². The number of rotatable bonds is 2.